The van der Waals surface area contributed by atoms with Gasteiger partial charge in [-0.25, -0.2) is 4.79 Å². The number of halogens is 2. The second kappa shape index (κ2) is 7.98. The van der Waals surface area contributed by atoms with Crippen LogP contribution in [-0.4, -0.2) is 19.1 Å². The van der Waals surface area contributed by atoms with Crippen LogP contribution in [0.15, 0.2) is 36.4 Å². The third-order valence-corrected chi connectivity index (χ3v) is 4.49. The van der Waals surface area contributed by atoms with E-state index in [0.29, 0.717) is 34.4 Å². The molecule has 2 aromatic rings. The van der Waals surface area contributed by atoms with Gasteiger partial charge in [0.1, 0.15) is 0 Å². The van der Waals surface area contributed by atoms with E-state index < -0.39 is 0 Å². The number of carbonyl (C=O) groups excluding carboxylic acids is 1. The maximum absolute atomic E-state index is 11.8. The third-order valence-electron chi connectivity index (χ3n) is 3.94. The molecule has 0 aliphatic rings. The molecule has 0 atom stereocenters. The van der Waals surface area contributed by atoms with Gasteiger partial charge in [0.25, 0.3) is 0 Å². The van der Waals surface area contributed by atoms with Crippen molar-refractivity contribution in [3.63, 3.8) is 0 Å². The molecule has 3 N–H and O–H groups in total. The van der Waals surface area contributed by atoms with Crippen molar-refractivity contribution >= 4 is 40.5 Å². The Hall–Kier alpha value is -1.91. The molecule has 2 aromatic carbocycles. The van der Waals surface area contributed by atoms with Crippen LogP contribution in [0.2, 0.25) is 10.0 Å². The number of nitrogens with one attached hydrogen (secondary N) is 1. The molecule has 0 aromatic heterocycles. The zero-order valence-electron chi connectivity index (χ0n) is 14.5. The van der Waals surface area contributed by atoms with Crippen molar-refractivity contribution in [1.29, 1.82) is 0 Å². The average Bonchev–Trinajstić information content (AvgIpc) is 2.53. The van der Waals surface area contributed by atoms with E-state index in [2.05, 4.69) is 19.2 Å². The number of esters is 1. The molecule has 0 fully saturated rings. The SMILES string of the molecule is CCOC(=O)c1ccc(NCC(C)(C)c2ccc(Cl)cc2Cl)c(N)c1. The fourth-order valence-corrected chi connectivity index (χ4v) is 3.18. The number of rotatable bonds is 6. The van der Waals surface area contributed by atoms with Crippen LogP contribution in [0, 0.1) is 0 Å². The summed E-state index contributed by atoms with van der Waals surface area (Å²) in [5, 5.41) is 4.56. The summed E-state index contributed by atoms with van der Waals surface area (Å²) >= 11 is 12.3. The Morgan fingerprint density at radius 3 is 2.52 bits per heavy atom. The molecule has 6 heteroatoms. The molecule has 0 unspecified atom stereocenters. The van der Waals surface area contributed by atoms with E-state index in [1.807, 2.05) is 12.1 Å². The molecule has 2 rings (SSSR count). The first kappa shape index (κ1) is 19.4. The van der Waals surface area contributed by atoms with Crippen molar-refractivity contribution in [3.05, 3.63) is 57.6 Å². The molecule has 0 saturated heterocycles. The molecule has 4 nitrogen and oxygen atoms in total. The van der Waals surface area contributed by atoms with Crippen molar-refractivity contribution in [2.75, 3.05) is 24.2 Å². The molecule has 0 aliphatic heterocycles. The van der Waals surface area contributed by atoms with Gasteiger partial charge in [-0.05, 0) is 42.8 Å². The molecule has 0 heterocycles. The van der Waals surface area contributed by atoms with E-state index in [1.165, 1.54) is 0 Å². The van der Waals surface area contributed by atoms with Gasteiger partial charge >= 0.3 is 5.97 Å². The van der Waals surface area contributed by atoms with Gasteiger partial charge < -0.3 is 15.8 Å². The number of nitrogen functional groups attached to an aromatic ring is 1. The summed E-state index contributed by atoms with van der Waals surface area (Å²) in [5.74, 6) is -0.381. The lowest BCUT2D eigenvalue weighted by molar-refractivity contribution is 0.0526. The Bertz CT molecular complexity index is 776. The minimum Gasteiger partial charge on any atom is -0.462 e. The van der Waals surface area contributed by atoms with Crippen LogP contribution in [0.25, 0.3) is 0 Å². The summed E-state index contributed by atoms with van der Waals surface area (Å²) in [5.41, 5.74) is 8.49. The summed E-state index contributed by atoms with van der Waals surface area (Å²) in [6.45, 7) is 6.86. The lowest BCUT2D eigenvalue weighted by Gasteiger charge is -2.27. The lowest BCUT2D eigenvalue weighted by atomic mass is 9.84. The molecule has 134 valence electrons. The standard InChI is InChI=1S/C19H22Cl2N2O2/c1-4-25-18(24)12-5-8-17(16(22)9-12)23-11-19(2,3)14-7-6-13(20)10-15(14)21/h5-10,23H,4,11,22H2,1-3H3. The maximum atomic E-state index is 11.8. The minimum atomic E-state index is -0.381. The molecular formula is C19H22Cl2N2O2. The molecule has 25 heavy (non-hydrogen) atoms. The number of carbonyl (C=O) groups is 1. The molecule has 0 bridgehead atoms. The van der Waals surface area contributed by atoms with Crippen LogP contribution in [0.1, 0.15) is 36.7 Å². The van der Waals surface area contributed by atoms with E-state index in [0.717, 1.165) is 11.3 Å². The van der Waals surface area contributed by atoms with Crippen LogP contribution in [0.3, 0.4) is 0 Å². The highest BCUT2D eigenvalue weighted by atomic mass is 35.5. The summed E-state index contributed by atoms with van der Waals surface area (Å²) in [6, 6.07) is 10.6. The van der Waals surface area contributed by atoms with Crippen molar-refractivity contribution in [1.82, 2.24) is 0 Å². The van der Waals surface area contributed by atoms with Gasteiger partial charge in [-0.1, -0.05) is 43.1 Å². The summed E-state index contributed by atoms with van der Waals surface area (Å²) in [7, 11) is 0. The fourth-order valence-electron chi connectivity index (χ4n) is 2.51. The van der Waals surface area contributed by atoms with Crippen LogP contribution in [-0.2, 0) is 10.2 Å². The Labute approximate surface area is 158 Å². The van der Waals surface area contributed by atoms with E-state index in [4.69, 9.17) is 33.7 Å². The van der Waals surface area contributed by atoms with E-state index >= 15 is 0 Å². The topological polar surface area (TPSA) is 64.3 Å². The highest BCUT2D eigenvalue weighted by Gasteiger charge is 2.23. The minimum absolute atomic E-state index is 0.242. The zero-order chi connectivity index (χ0) is 18.6. The Morgan fingerprint density at radius 2 is 1.92 bits per heavy atom. The van der Waals surface area contributed by atoms with E-state index in [9.17, 15) is 4.79 Å². The van der Waals surface area contributed by atoms with Crippen LogP contribution in [0.4, 0.5) is 11.4 Å². The molecular weight excluding hydrogens is 359 g/mol. The quantitative estimate of drug-likeness (QED) is 0.537. The van der Waals surface area contributed by atoms with Crippen molar-refractivity contribution in [2.45, 2.75) is 26.2 Å². The lowest BCUT2D eigenvalue weighted by Crippen LogP contribution is -2.28. The molecule has 0 radical (unpaired) electrons. The number of benzene rings is 2. The van der Waals surface area contributed by atoms with Crippen molar-refractivity contribution in [3.8, 4) is 0 Å². The molecule has 0 spiro atoms. The van der Waals surface area contributed by atoms with Gasteiger partial charge in [0.05, 0.1) is 23.5 Å². The van der Waals surface area contributed by atoms with Gasteiger partial charge in [0.2, 0.25) is 0 Å². The first-order valence-electron chi connectivity index (χ1n) is 8.00. The number of hydrogen-bond acceptors (Lipinski definition) is 4. The summed E-state index contributed by atoms with van der Waals surface area (Å²) < 4.78 is 4.98. The predicted octanol–water partition coefficient (Wildman–Crippen LogP) is 5.14. The first-order chi connectivity index (χ1) is 11.7. The van der Waals surface area contributed by atoms with Crippen LogP contribution in [0.5, 0.6) is 0 Å². The first-order valence-corrected chi connectivity index (χ1v) is 8.76. The van der Waals surface area contributed by atoms with Gasteiger partial charge in [0, 0.05) is 22.0 Å². The van der Waals surface area contributed by atoms with Gasteiger partial charge in [-0.3, -0.25) is 0 Å². The fraction of sp³-hybridized carbons (Fsp3) is 0.316. The highest BCUT2D eigenvalue weighted by molar-refractivity contribution is 6.35. The van der Waals surface area contributed by atoms with E-state index in [-0.39, 0.29) is 11.4 Å². The smallest absolute Gasteiger partial charge is 0.338 e. The second-order valence-electron chi connectivity index (χ2n) is 6.38. The van der Waals surface area contributed by atoms with E-state index in [1.54, 1.807) is 31.2 Å². The van der Waals surface area contributed by atoms with Gasteiger partial charge in [-0.2, -0.15) is 0 Å². The highest BCUT2D eigenvalue weighted by Crippen LogP contribution is 2.32. The van der Waals surface area contributed by atoms with Gasteiger partial charge in [-0.15, -0.1) is 0 Å². The molecule has 0 aliphatic carbocycles. The number of anilines is 2. The molecule has 0 saturated carbocycles. The number of ether oxygens (including phenoxy) is 1. The Morgan fingerprint density at radius 1 is 1.20 bits per heavy atom. The van der Waals surface area contributed by atoms with Crippen molar-refractivity contribution in [2.24, 2.45) is 0 Å². The molecule has 0 amide bonds. The largest absolute Gasteiger partial charge is 0.462 e. The summed E-state index contributed by atoms with van der Waals surface area (Å²) in [4.78, 5) is 11.8. The Kier molecular flexibility index (Phi) is 6.20. The van der Waals surface area contributed by atoms with Crippen molar-refractivity contribution < 1.29 is 9.53 Å². The summed E-state index contributed by atoms with van der Waals surface area (Å²) in [6.07, 6.45) is 0. The van der Waals surface area contributed by atoms with Crippen LogP contribution < -0.4 is 11.1 Å². The number of hydrogen-bond donors (Lipinski definition) is 2. The monoisotopic (exact) mass is 380 g/mol. The number of nitrogens with two attached hydrogens (primary N) is 1. The van der Waals surface area contributed by atoms with Crippen LogP contribution >= 0.6 is 23.2 Å². The second-order valence-corrected chi connectivity index (χ2v) is 7.23. The van der Waals surface area contributed by atoms with Gasteiger partial charge in [0.15, 0.2) is 0 Å². The normalized spacial score (nSPS) is 11.2. The predicted molar refractivity (Wildman–Crippen MR) is 105 cm³/mol. The Balaban J connectivity index is 2.13. The third kappa shape index (κ3) is 4.80. The maximum Gasteiger partial charge on any atom is 0.338 e. The average molecular weight is 381 g/mol. The zero-order valence-corrected chi connectivity index (χ0v) is 16.0.